The highest BCUT2D eigenvalue weighted by atomic mass is 19.1. The molecule has 0 amide bonds. The molecule has 14 heavy (non-hydrogen) atoms. The average Bonchev–Trinajstić information content (AvgIpc) is 2.20. The Morgan fingerprint density at radius 2 is 2.21 bits per heavy atom. The molecule has 2 rings (SSSR count). The van der Waals surface area contributed by atoms with E-state index in [0.29, 0.717) is 10.9 Å². The fourth-order valence-corrected chi connectivity index (χ4v) is 1.44. The van der Waals surface area contributed by atoms with E-state index >= 15 is 0 Å². The normalized spacial score (nSPS) is 10.0. The van der Waals surface area contributed by atoms with Crippen LogP contribution in [0.5, 0.6) is 0 Å². The smallest absolute Gasteiger partial charge is 0.149 e. The molecule has 0 spiro atoms. The van der Waals surface area contributed by atoms with Crippen LogP contribution in [0, 0.1) is 17.1 Å². The van der Waals surface area contributed by atoms with Gasteiger partial charge in [-0.3, -0.25) is 4.98 Å². The summed E-state index contributed by atoms with van der Waals surface area (Å²) in [5.41, 5.74) is 1.15. The van der Waals surface area contributed by atoms with Gasteiger partial charge in [0.05, 0.1) is 12.5 Å². The Morgan fingerprint density at radius 1 is 1.36 bits per heavy atom. The van der Waals surface area contributed by atoms with Crippen LogP contribution in [0.15, 0.2) is 30.5 Å². The molecule has 2 aromatic rings. The zero-order valence-corrected chi connectivity index (χ0v) is 7.37. The number of hydrogen-bond acceptors (Lipinski definition) is 2. The molecule has 1 heterocycles. The highest BCUT2D eigenvalue weighted by Crippen LogP contribution is 2.19. The minimum atomic E-state index is -0.345. The van der Waals surface area contributed by atoms with Gasteiger partial charge >= 0.3 is 0 Å². The van der Waals surface area contributed by atoms with Crippen LogP contribution in [-0.2, 0) is 6.42 Å². The first-order valence-electron chi connectivity index (χ1n) is 4.22. The van der Waals surface area contributed by atoms with Gasteiger partial charge in [0, 0.05) is 11.6 Å². The van der Waals surface area contributed by atoms with Gasteiger partial charge in [-0.2, -0.15) is 5.26 Å². The minimum Gasteiger partial charge on any atom is -0.253 e. The summed E-state index contributed by atoms with van der Waals surface area (Å²) in [6.45, 7) is 0. The van der Waals surface area contributed by atoms with E-state index in [2.05, 4.69) is 4.98 Å². The zero-order valence-electron chi connectivity index (χ0n) is 7.37. The fraction of sp³-hybridized carbons (Fsp3) is 0.0909. The summed E-state index contributed by atoms with van der Waals surface area (Å²) in [7, 11) is 0. The second-order valence-corrected chi connectivity index (χ2v) is 2.94. The molecule has 0 bridgehead atoms. The molecule has 1 aromatic heterocycles. The average molecular weight is 186 g/mol. The van der Waals surface area contributed by atoms with E-state index in [9.17, 15) is 4.39 Å². The molecule has 0 aliphatic carbocycles. The van der Waals surface area contributed by atoms with Crippen LogP contribution in [0.3, 0.4) is 0 Å². The summed E-state index contributed by atoms with van der Waals surface area (Å²) in [4.78, 5) is 3.94. The summed E-state index contributed by atoms with van der Waals surface area (Å²) < 4.78 is 13.3. The standard InChI is InChI=1S/C11H7FN2/c12-10-3-1-2-9-8(4-6-13)5-7-14-11(9)10/h1-3,5,7H,4H2. The van der Waals surface area contributed by atoms with Gasteiger partial charge in [-0.25, -0.2) is 4.39 Å². The highest BCUT2D eigenvalue weighted by Gasteiger charge is 2.04. The third-order valence-corrected chi connectivity index (χ3v) is 2.08. The molecule has 0 aliphatic heterocycles. The topological polar surface area (TPSA) is 36.7 Å². The van der Waals surface area contributed by atoms with Crippen molar-refractivity contribution >= 4 is 10.9 Å². The Hall–Kier alpha value is -1.95. The Morgan fingerprint density at radius 3 is 3.00 bits per heavy atom. The molecule has 0 unspecified atom stereocenters. The van der Waals surface area contributed by atoms with E-state index in [-0.39, 0.29) is 12.2 Å². The van der Waals surface area contributed by atoms with E-state index < -0.39 is 0 Å². The van der Waals surface area contributed by atoms with Crippen molar-refractivity contribution < 1.29 is 4.39 Å². The van der Waals surface area contributed by atoms with E-state index in [1.54, 1.807) is 18.2 Å². The Kier molecular flexibility index (Phi) is 2.11. The Bertz CT molecular complexity index is 514. The SMILES string of the molecule is N#CCc1ccnc2c(F)cccc12. The van der Waals surface area contributed by atoms with Crippen LogP contribution in [0.25, 0.3) is 10.9 Å². The lowest BCUT2D eigenvalue weighted by molar-refractivity contribution is 0.636. The van der Waals surface area contributed by atoms with Crippen LogP contribution in [0.2, 0.25) is 0 Å². The zero-order chi connectivity index (χ0) is 9.97. The van der Waals surface area contributed by atoms with Crippen molar-refractivity contribution in [1.29, 1.82) is 5.26 Å². The van der Waals surface area contributed by atoms with Crippen molar-refractivity contribution in [3.63, 3.8) is 0 Å². The summed E-state index contributed by atoms with van der Waals surface area (Å²) in [6.07, 6.45) is 1.81. The van der Waals surface area contributed by atoms with Crippen molar-refractivity contribution in [3.05, 3.63) is 41.8 Å². The lowest BCUT2D eigenvalue weighted by Gasteiger charge is -2.01. The molecule has 0 saturated carbocycles. The number of pyridine rings is 1. The number of rotatable bonds is 1. The fourth-order valence-electron chi connectivity index (χ4n) is 1.44. The third kappa shape index (κ3) is 1.31. The van der Waals surface area contributed by atoms with Gasteiger partial charge in [0.1, 0.15) is 11.3 Å². The van der Waals surface area contributed by atoms with E-state index in [0.717, 1.165) is 5.56 Å². The number of halogens is 1. The van der Waals surface area contributed by atoms with Crippen molar-refractivity contribution in [2.45, 2.75) is 6.42 Å². The number of aromatic nitrogens is 1. The first-order chi connectivity index (χ1) is 6.83. The molecule has 2 nitrogen and oxygen atoms in total. The lowest BCUT2D eigenvalue weighted by atomic mass is 10.1. The molecule has 68 valence electrons. The van der Waals surface area contributed by atoms with Crippen molar-refractivity contribution in [2.24, 2.45) is 0 Å². The van der Waals surface area contributed by atoms with E-state index in [1.807, 2.05) is 6.07 Å². The number of fused-ring (bicyclic) bond motifs is 1. The molecule has 3 heteroatoms. The van der Waals surface area contributed by atoms with Crippen LogP contribution in [0.1, 0.15) is 5.56 Å². The summed E-state index contributed by atoms with van der Waals surface area (Å²) in [5, 5.41) is 9.30. The Balaban J connectivity index is 2.76. The molecule has 0 atom stereocenters. The van der Waals surface area contributed by atoms with Crippen LogP contribution in [0.4, 0.5) is 4.39 Å². The molecule has 0 radical (unpaired) electrons. The van der Waals surface area contributed by atoms with Gasteiger partial charge in [-0.1, -0.05) is 12.1 Å². The molecule has 0 N–H and O–H groups in total. The number of nitrogens with zero attached hydrogens (tertiary/aromatic N) is 2. The van der Waals surface area contributed by atoms with Gasteiger partial charge in [-0.05, 0) is 17.7 Å². The monoisotopic (exact) mass is 186 g/mol. The predicted molar refractivity (Wildman–Crippen MR) is 51.0 cm³/mol. The van der Waals surface area contributed by atoms with Gasteiger partial charge in [-0.15, -0.1) is 0 Å². The van der Waals surface area contributed by atoms with Crippen molar-refractivity contribution in [2.75, 3.05) is 0 Å². The molecular formula is C11H7FN2. The number of benzene rings is 1. The van der Waals surface area contributed by atoms with Crippen molar-refractivity contribution in [3.8, 4) is 6.07 Å². The number of nitriles is 1. The van der Waals surface area contributed by atoms with E-state index in [1.165, 1.54) is 12.3 Å². The minimum absolute atomic E-state index is 0.280. The second kappa shape index (κ2) is 3.43. The maximum Gasteiger partial charge on any atom is 0.149 e. The lowest BCUT2D eigenvalue weighted by Crippen LogP contribution is -1.89. The first kappa shape index (κ1) is 8.64. The van der Waals surface area contributed by atoms with Crippen LogP contribution >= 0.6 is 0 Å². The van der Waals surface area contributed by atoms with Gasteiger partial charge in [0.25, 0.3) is 0 Å². The maximum atomic E-state index is 13.3. The maximum absolute atomic E-state index is 13.3. The van der Waals surface area contributed by atoms with Crippen LogP contribution in [-0.4, -0.2) is 4.98 Å². The summed E-state index contributed by atoms with van der Waals surface area (Å²) in [6, 6.07) is 8.55. The predicted octanol–water partition coefficient (Wildman–Crippen LogP) is 2.44. The van der Waals surface area contributed by atoms with Crippen LogP contribution < -0.4 is 0 Å². The second-order valence-electron chi connectivity index (χ2n) is 2.94. The third-order valence-electron chi connectivity index (χ3n) is 2.08. The highest BCUT2D eigenvalue weighted by molar-refractivity contribution is 5.82. The van der Waals surface area contributed by atoms with Crippen molar-refractivity contribution in [1.82, 2.24) is 4.98 Å². The Labute approximate surface area is 80.6 Å². The quantitative estimate of drug-likeness (QED) is 0.685. The van der Waals surface area contributed by atoms with Gasteiger partial charge < -0.3 is 0 Å². The largest absolute Gasteiger partial charge is 0.253 e. The molecule has 1 aromatic carbocycles. The number of hydrogen-bond donors (Lipinski definition) is 0. The molecule has 0 saturated heterocycles. The molecule has 0 fully saturated rings. The molecular weight excluding hydrogens is 179 g/mol. The van der Waals surface area contributed by atoms with Gasteiger partial charge in [0.15, 0.2) is 0 Å². The summed E-state index contributed by atoms with van der Waals surface area (Å²) in [5.74, 6) is -0.345. The first-order valence-corrected chi connectivity index (χ1v) is 4.22. The molecule has 0 aliphatic rings. The number of para-hydroxylation sites is 1. The summed E-state index contributed by atoms with van der Waals surface area (Å²) >= 11 is 0. The van der Waals surface area contributed by atoms with Gasteiger partial charge in [0.2, 0.25) is 0 Å². The van der Waals surface area contributed by atoms with E-state index in [4.69, 9.17) is 5.26 Å².